The van der Waals surface area contributed by atoms with Gasteiger partial charge in [-0.3, -0.25) is 0 Å². The van der Waals surface area contributed by atoms with Crippen LogP contribution in [0.2, 0.25) is 0 Å². The van der Waals surface area contributed by atoms with Gasteiger partial charge in [0.25, 0.3) is 0 Å². The Kier molecular flexibility index (Phi) is 2.99. The van der Waals surface area contributed by atoms with Gasteiger partial charge in [0, 0.05) is 6.08 Å². The van der Waals surface area contributed by atoms with Crippen LogP contribution in [-0.2, 0) is 9.53 Å². The third-order valence-corrected chi connectivity index (χ3v) is 3.52. The van der Waals surface area contributed by atoms with Crippen LogP contribution < -0.4 is 0 Å². The van der Waals surface area contributed by atoms with Crippen molar-refractivity contribution in [2.75, 3.05) is 7.11 Å². The second-order valence-electron chi connectivity index (χ2n) is 4.69. The highest BCUT2D eigenvalue weighted by atomic mass is 16.5. The molecule has 0 aromatic heterocycles. The molecule has 0 fully saturated rings. The number of fused-ring (bicyclic) bond motifs is 3. The summed E-state index contributed by atoms with van der Waals surface area (Å²) < 4.78 is 4.59. The number of carbonyl (C=O) groups is 1. The third-order valence-electron chi connectivity index (χ3n) is 3.52. The fraction of sp³-hybridized carbons (Fsp3) is 0.0556. The van der Waals surface area contributed by atoms with Gasteiger partial charge in [-0.1, -0.05) is 43.0 Å². The minimum Gasteiger partial charge on any atom is -0.466 e. The van der Waals surface area contributed by atoms with E-state index in [1.807, 2.05) is 18.2 Å². The van der Waals surface area contributed by atoms with Gasteiger partial charge in [-0.05, 0) is 45.5 Å². The number of benzene rings is 2. The van der Waals surface area contributed by atoms with Gasteiger partial charge in [-0.25, -0.2) is 4.79 Å². The van der Waals surface area contributed by atoms with Gasteiger partial charge in [0.05, 0.1) is 7.11 Å². The molecule has 0 atom stereocenters. The third kappa shape index (κ3) is 1.95. The van der Waals surface area contributed by atoms with Crippen LogP contribution in [0.3, 0.4) is 0 Å². The maximum Gasteiger partial charge on any atom is 0.330 e. The van der Waals surface area contributed by atoms with Crippen molar-refractivity contribution in [2.45, 2.75) is 0 Å². The van der Waals surface area contributed by atoms with E-state index < -0.39 is 0 Å². The Morgan fingerprint density at radius 2 is 1.75 bits per heavy atom. The molecule has 2 heteroatoms. The van der Waals surface area contributed by atoms with E-state index in [2.05, 4.69) is 35.6 Å². The van der Waals surface area contributed by atoms with Crippen molar-refractivity contribution in [3.05, 3.63) is 71.8 Å². The van der Waals surface area contributed by atoms with Crippen LogP contribution >= 0.6 is 0 Å². The molecule has 3 rings (SSSR count). The Labute approximate surface area is 118 Å². The van der Waals surface area contributed by atoms with Gasteiger partial charge in [-0.15, -0.1) is 0 Å². The maximum atomic E-state index is 11.1. The van der Waals surface area contributed by atoms with E-state index >= 15 is 0 Å². The zero-order valence-electron chi connectivity index (χ0n) is 11.2. The number of carbonyl (C=O) groups excluding carboxylic acids is 1. The highest BCUT2D eigenvalue weighted by Gasteiger charge is 2.21. The summed E-state index contributed by atoms with van der Waals surface area (Å²) in [6, 6.07) is 14.4. The number of esters is 1. The molecule has 20 heavy (non-hydrogen) atoms. The summed E-state index contributed by atoms with van der Waals surface area (Å²) in [5.74, 6) is -0.354. The summed E-state index contributed by atoms with van der Waals surface area (Å²) in [4.78, 5) is 11.1. The zero-order chi connectivity index (χ0) is 14.1. The molecule has 2 aromatic rings. The van der Waals surface area contributed by atoms with Crippen molar-refractivity contribution in [1.82, 2.24) is 0 Å². The van der Waals surface area contributed by atoms with Crippen molar-refractivity contribution in [1.29, 1.82) is 0 Å². The van der Waals surface area contributed by atoms with E-state index in [1.165, 1.54) is 29.9 Å². The second kappa shape index (κ2) is 4.82. The number of rotatable bonds is 2. The molecule has 0 saturated carbocycles. The Bertz CT molecular complexity index is 739. The van der Waals surface area contributed by atoms with Crippen LogP contribution in [0.4, 0.5) is 0 Å². The molecule has 0 aliphatic heterocycles. The van der Waals surface area contributed by atoms with Crippen molar-refractivity contribution < 1.29 is 9.53 Å². The predicted molar refractivity (Wildman–Crippen MR) is 81.1 cm³/mol. The maximum absolute atomic E-state index is 11.1. The molecule has 2 nitrogen and oxygen atoms in total. The van der Waals surface area contributed by atoms with Crippen molar-refractivity contribution in [3.8, 4) is 11.1 Å². The van der Waals surface area contributed by atoms with E-state index in [-0.39, 0.29) is 5.97 Å². The van der Waals surface area contributed by atoms with Gasteiger partial charge >= 0.3 is 5.97 Å². The van der Waals surface area contributed by atoms with Crippen molar-refractivity contribution in [3.63, 3.8) is 0 Å². The molecule has 0 amide bonds. The summed E-state index contributed by atoms with van der Waals surface area (Å²) in [6.45, 7) is 4.17. The molecule has 0 saturated heterocycles. The lowest BCUT2D eigenvalue weighted by molar-refractivity contribution is -0.134. The van der Waals surface area contributed by atoms with Crippen LogP contribution in [0.1, 0.15) is 16.7 Å². The van der Waals surface area contributed by atoms with Crippen LogP contribution in [0.25, 0.3) is 22.8 Å². The fourth-order valence-electron chi connectivity index (χ4n) is 2.51. The molecular formula is C18H14O2. The first-order valence-corrected chi connectivity index (χ1v) is 6.40. The molecule has 0 spiro atoms. The Morgan fingerprint density at radius 3 is 2.50 bits per heavy atom. The average molecular weight is 262 g/mol. The Morgan fingerprint density at radius 1 is 1.05 bits per heavy atom. The van der Waals surface area contributed by atoms with Gasteiger partial charge in [0.2, 0.25) is 0 Å². The molecule has 0 heterocycles. The van der Waals surface area contributed by atoms with E-state index in [4.69, 9.17) is 0 Å². The molecule has 1 aliphatic carbocycles. The predicted octanol–water partition coefficient (Wildman–Crippen LogP) is 3.91. The average Bonchev–Trinajstić information content (AvgIpc) is 2.78. The lowest BCUT2D eigenvalue weighted by Crippen LogP contribution is -1.93. The summed E-state index contributed by atoms with van der Waals surface area (Å²) in [5.41, 5.74) is 6.71. The van der Waals surface area contributed by atoms with Gasteiger partial charge < -0.3 is 4.74 Å². The smallest absolute Gasteiger partial charge is 0.330 e. The molecule has 0 N–H and O–H groups in total. The normalized spacial score (nSPS) is 12.3. The highest BCUT2D eigenvalue weighted by Crippen LogP contribution is 2.43. The number of ether oxygens (including phenoxy) is 1. The summed E-state index contributed by atoms with van der Waals surface area (Å²) >= 11 is 0. The minimum absolute atomic E-state index is 0.354. The van der Waals surface area contributed by atoms with Crippen LogP contribution in [0.5, 0.6) is 0 Å². The first kappa shape index (κ1) is 12.4. The highest BCUT2D eigenvalue weighted by molar-refractivity contribution is 6.01. The monoisotopic (exact) mass is 262 g/mol. The van der Waals surface area contributed by atoms with Gasteiger partial charge in [0.15, 0.2) is 0 Å². The van der Waals surface area contributed by atoms with Gasteiger partial charge in [0.1, 0.15) is 0 Å². The molecule has 2 aromatic carbocycles. The van der Waals surface area contributed by atoms with Crippen LogP contribution in [-0.4, -0.2) is 13.1 Å². The molecular weight excluding hydrogens is 248 g/mol. The number of hydrogen-bond donors (Lipinski definition) is 0. The Balaban J connectivity index is 2.02. The number of hydrogen-bond acceptors (Lipinski definition) is 2. The van der Waals surface area contributed by atoms with E-state index in [0.29, 0.717) is 0 Å². The Hall–Kier alpha value is -2.61. The first-order valence-electron chi connectivity index (χ1n) is 6.40. The topological polar surface area (TPSA) is 26.3 Å². The molecule has 1 aliphatic rings. The second-order valence-corrected chi connectivity index (χ2v) is 4.69. The van der Waals surface area contributed by atoms with Crippen LogP contribution in [0, 0.1) is 0 Å². The fourth-order valence-corrected chi connectivity index (χ4v) is 2.51. The lowest BCUT2D eigenvalue weighted by Gasteiger charge is -2.02. The van der Waals surface area contributed by atoms with E-state index in [0.717, 1.165) is 16.7 Å². The molecule has 98 valence electrons. The van der Waals surface area contributed by atoms with Crippen molar-refractivity contribution in [2.24, 2.45) is 0 Å². The molecule has 0 radical (unpaired) electrons. The minimum atomic E-state index is -0.354. The van der Waals surface area contributed by atoms with E-state index in [9.17, 15) is 4.79 Å². The molecule has 0 unspecified atom stereocenters. The lowest BCUT2D eigenvalue weighted by atomic mass is 10.0. The molecule has 0 bridgehead atoms. The quantitative estimate of drug-likeness (QED) is 0.517. The SMILES string of the molecule is C=C1c2ccccc2-c2ccc(/C=C/C(=O)OC)cc21. The zero-order valence-corrected chi connectivity index (χ0v) is 11.2. The van der Waals surface area contributed by atoms with Gasteiger partial charge in [-0.2, -0.15) is 0 Å². The standard InChI is InChI=1S/C18H14O2/c1-12-14-5-3-4-6-15(14)16-9-7-13(11-17(12)16)8-10-18(19)20-2/h3-11H,1H2,2H3/b10-8+. The largest absolute Gasteiger partial charge is 0.466 e. The summed E-state index contributed by atoms with van der Waals surface area (Å²) in [7, 11) is 1.37. The van der Waals surface area contributed by atoms with E-state index in [1.54, 1.807) is 6.08 Å². The summed E-state index contributed by atoms with van der Waals surface area (Å²) in [5, 5.41) is 0. The number of methoxy groups -OCH3 is 1. The summed E-state index contributed by atoms with van der Waals surface area (Å²) in [6.07, 6.45) is 3.18. The first-order chi connectivity index (χ1) is 9.70. The van der Waals surface area contributed by atoms with Crippen molar-refractivity contribution >= 4 is 17.6 Å². The van der Waals surface area contributed by atoms with Crippen LogP contribution in [0.15, 0.2) is 55.1 Å².